The number of anilines is 2. The number of halogens is 1. The van der Waals surface area contributed by atoms with E-state index in [1.807, 2.05) is 17.0 Å². The van der Waals surface area contributed by atoms with Crippen LogP contribution in [-0.2, 0) is 0 Å². The Balaban J connectivity index is 1.39. The first kappa shape index (κ1) is 23.3. The Bertz CT molecular complexity index is 1030. The van der Waals surface area contributed by atoms with Crippen LogP contribution in [0.5, 0.6) is 0 Å². The maximum absolute atomic E-state index is 12.4. The molecule has 0 radical (unpaired) electrons. The highest BCUT2D eigenvalue weighted by molar-refractivity contribution is 7.80. The van der Waals surface area contributed by atoms with Crippen molar-refractivity contribution in [2.24, 2.45) is 0 Å². The Labute approximate surface area is 203 Å². The van der Waals surface area contributed by atoms with Gasteiger partial charge in [-0.1, -0.05) is 11.6 Å². The average molecular weight is 488 g/mol. The minimum atomic E-state index is -0.298. The molecule has 1 amide bonds. The summed E-state index contributed by atoms with van der Waals surface area (Å²) in [5.74, 6) is -0.263. The number of thiocarbonyl (C=S) groups is 1. The van der Waals surface area contributed by atoms with E-state index in [1.54, 1.807) is 30.3 Å². The SMILES string of the molecule is O=C(NC(=S)N1CCN(c2ccc([N+](=O)[O-])c(N3CCCCC3)c2)CC1)c1ccc(Cl)cc1. The van der Waals surface area contributed by atoms with Gasteiger partial charge < -0.3 is 14.7 Å². The summed E-state index contributed by atoms with van der Waals surface area (Å²) in [6.07, 6.45) is 3.28. The predicted molar refractivity (Wildman–Crippen MR) is 134 cm³/mol. The molecule has 0 atom stereocenters. The molecule has 0 saturated carbocycles. The van der Waals surface area contributed by atoms with Crippen molar-refractivity contribution in [2.75, 3.05) is 49.1 Å². The molecular formula is C23H26ClN5O3S. The van der Waals surface area contributed by atoms with Gasteiger partial charge in [-0.2, -0.15) is 0 Å². The highest BCUT2D eigenvalue weighted by atomic mass is 35.5. The van der Waals surface area contributed by atoms with E-state index < -0.39 is 0 Å². The summed E-state index contributed by atoms with van der Waals surface area (Å²) >= 11 is 11.3. The van der Waals surface area contributed by atoms with Crippen molar-refractivity contribution in [2.45, 2.75) is 19.3 Å². The van der Waals surface area contributed by atoms with Crippen LogP contribution in [0.1, 0.15) is 29.6 Å². The number of rotatable bonds is 4. The Hall–Kier alpha value is -2.91. The van der Waals surface area contributed by atoms with Crippen molar-refractivity contribution in [3.63, 3.8) is 0 Å². The number of hydrogen-bond donors (Lipinski definition) is 1. The quantitative estimate of drug-likeness (QED) is 0.395. The Kier molecular flexibility index (Phi) is 7.29. The lowest BCUT2D eigenvalue weighted by Crippen LogP contribution is -2.52. The standard InChI is InChI=1S/C23H26ClN5O3S/c24-18-6-4-17(5-7-18)22(30)25-23(33)28-14-12-26(13-15-28)19-8-9-20(29(31)32)21(16-19)27-10-2-1-3-11-27/h4-9,16H,1-3,10-15H2,(H,25,30,33). The second-order valence-corrected chi connectivity index (χ2v) is 9.04. The summed E-state index contributed by atoms with van der Waals surface area (Å²) in [6, 6.07) is 12.0. The largest absolute Gasteiger partial charge is 0.368 e. The molecule has 0 bridgehead atoms. The zero-order chi connectivity index (χ0) is 23.4. The van der Waals surface area contributed by atoms with Crippen molar-refractivity contribution < 1.29 is 9.72 Å². The lowest BCUT2D eigenvalue weighted by molar-refractivity contribution is -0.384. The third-order valence-corrected chi connectivity index (χ3v) is 6.72. The summed E-state index contributed by atoms with van der Waals surface area (Å²) in [5.41, 5.74) is 2.32. The number of piperazine rings is 1. The molecule has 10 heteroatoms. The number of hydrogen-bond acceptors (Lipinski definition) is 6. The number of carbonyl (C=O) groups is 1. The molecule has 33 heavy (non-hydrogen) atoms. The molecule has 2 saturated heterocycles. The van der Waals surface area contributed by atoms with E-state index in [1.165, 1.54) is 6.42 Å². The topological polar surface area (TPSA) is 82.0 Å². The van der Waals surface area contributed by atoms with Crippen LogP contribution in [-0.4, -0.2) is 60.1 Å². The second kappa shape index (κ2) is 10.4. The fraction of sp³-hybridized carbons (Fsp3) is 0.391. The summed E-state index contributed by atoms with van der Waals surface area (Å²) in [5, 5.41) is 15.3. The van der Waals surface area contributed by atoms with Crippen LogP contribution in [0.2, 0.25) is 5.02 Å². The van der Waals surface area contributed by atoms with Crippen LogP contribution in [0.15, 0.2) is 42.5 Å². The molecule has 2 aromatic carbocycles. The number of amides is 1. The smallest absolute Gasteiger partial charge is 0.292 e. The van der Waals surface area contributed by atoms with Gasteiger partial charge in [0, 0.05) is 61.6 Å². The molecule has 2 aliphatic heterocycles. The zero-order valence-electron chi connectivity index (χ0n) is 18.2. The Morgan fingerprint density at radius 3 is 2.24 bits per heavy atom. The van der Waals surface area contributed by atoms with Gasteiger partial charge in [0.15, 0.2) is 5.11 Å². The fourth-order valence-electron chi connectivity index (χ4n) is 4.27. The van der Waals surface area contributed by atoms with Crippen molar-refractivity contribution >= 4 is 51.9 Å². The first-order valence-electron chi connectivity index (χ1n) is 11.1. The van der Waals surface area contributed by atoms with Gasteiger partial charge in [-0.25, -0.2) is 0 Å². The Morgan fingerprint density at radius 1 is 0.939 bits per heavy atom. The van der Waals surface area contributed by atoms with Crippen molar-refractivity contribution in [1.82, 2.24) is 10.2 Å². The van der Waals surface area contributed by atoms with E-state index in [0.717, 1.165) is 31.6 Å². The molecule has 2 aromatic rings. The maximum atomic E-state index is 12.4. The molecular weight excluding hydrogens is 462 g/mol. The third-order valence-electron chi connectivity index (χ3n) is 6.11. The maximum Gasteiger partial charge on any atom is 0.292 e. The lowest BCUT2D eigenvalue weighted by atomic mass is 10.1. The van der Waals surface area contributed by atoms with Crippen molar-refractivity contribution in [3.8, 4) is 0 Å². The van der Waals surface area contributed by atoms with E-state index in [4.69, 9.17) is 23.8 Å². The van der Waals surface area contributed by atoms with E-state index in [-0.39, 0.29) is 16.5 Å². The number of nitrogens with zero attached hydrogens (tertiary/aromatic N) is 4. The monoisotopic (exact) mass is 487 g/mol. The molecule has 0 aromatic heterocycles. The number of nitro benzene ring substituents is 1. The minimum Gasteiger partial charge on any atom is -0.368 e. The van der Waals surface area contributed by atoms with Crippen LogP contribution in [0, 0.1) is 10.1 Å². The fourth-order valence-corrected chi connectivity index (χ4v) is 4.67. The first-order valence-corrected chi connectivity index (χ1v) is 11.8. The van der Waals surface area contributed by atoms with Gasteiger partial charge in [0.25, 0.3) is 11.6 Å². The normalized spacial score (nSPS) is 16.5. The molecule has 0 aliphatic carbocycles. The number of piperidine rings is 1. The minimum absolute atomic E-state index is 0.158. The van der Waals surface area contributed by atoms with Crippen LogP contribution < -0.4 is 15.1 Å². The van der Waals surface area contributed by atoms with E-state index in [2.05, 4.69) is 15.1 Å². The highest BCUT2D eigenvalue weighted by Gasteiger charge is 2.25. The summed E-state index contributed by atoms with van der Waals surface area (Å²) in [7, 11) is 0. The lowest BCUT2D eigenvalue weighted by Gasteiger charge is -2.37. The summed E-state index contributed by atoms with van der Waals surface area (Å²) < 4.78 is 0. The van der Waals surface area contributed by atoms with Crippen molar-refractivity contribution in [1.29, 1.82) is 0 Å². The molecule has 1 N–H and O–H groups in total. The number of nitrogens with one attached hydrogen (secondary N) is 1. The number of nitro groups is 1. The molecule has 4 rings (SSSR count). The van der Waals surface area contributed by atoms with Gasteiger partial charge in [-0.3, -0.25) is 20.2 Å². The third kappa shape index (κ3) is 5.54. The second-order valence-electron chi connectivity index (χ2n) is 8.22. The van der Waals surface area contributed by atoms with Gasteiger partial charge in [0.1, 0.15) is 5.69 Å². The van der Waals surface area contributed by atoms with Crippen LogP contribution >= 0.6 is 23.8 Å². The van der Waals surface area contributed by atoms with Gasteiger partial charge in [-0.05, 0) is 67.9 Å². The predicted octanol–water partition coefficient (Wildman–Crippen LogP) is 4.08. The molecule has 0 unspecified atom stereocenters. The van der Waals surface area contributed by atoms with Gasteiger partial charge in [0.2, 0.25) is 0 Å². The van der Waals surface area contributed by atoms with E-state index in [0.29, 0.717) is 47.6 Å². The van der Waals surface area contributed by atoms with Gasteiger partial charge >= 0.3 is 0 Å². The van der Waals surface area contributed by atoms with Crippen LogP contribution in [0.4, 0.5) is 17.1 Å². The van der Waals surface area contributed by atoms with Gasteiger partial charge in [-0.15, -0.1) is 0 Å². The molecule has 2 aliphatic rings. The average Bonchev–Trinajstić information content (AvgIpc) is 2.84. The number of carbonyl (C=O) groups excluding carboxylic acids is 1. The molecule has 174 valence electrons. The zero-order valence-corrected chi connectivity index (χ0v) is 19.8. The van der Waals surface area contributed by atoms with E-state index >= 15 is 0 Å². The molecule has 2 heterocycles. The van der Waals surface area contributed by atoms with Crippen LogP contribution in [0.25, 0.3) is 0 Å². The van der Waals surface area contributed by atoms with Crippen molar-refractivity contribution in [3.05, 3.63) is 63.2 Å². The molecule has 0 spiro atoms. The summed E-state index contributed by atoms with van der Waals surface area (Å²) in [6.45, 7) is 4.40. The molecule has 2 fully saturated rings. The molecule has 8 nitrogen and oxygen atoms in total. The van der Waals surface area contributed by atoms with E-state index in [9.17, 15) is 14.9 Å². The first-order chi connectivity index (χ1) is 15.9. The van der Waals surface area contributed by atoms with Crippen LogP contribution in [0.3, 0.4) is 0 Å². The Morgan fingerprint density at radius 2 is 1.61 bits per heavy atom. The summed E-state index contributed by atoms with van der Waals surface area (Å²) in [4.78, 5) is 30.0. The highest BCUT2D eigenvalue weighted by Crippen LogP contribution is 2.34. The number of benzene rings is 2. The van der Waals surface area contributed by atoms with Gasteiger partial charge in [0.05, 0.1) is 4.92 Å².